The number of carbonyl (C=O) groups is 1. The summed E-state index contributed by atoms with van der Waals surface area (Å²) in [5.74, 6) is -0.285. The van der Waals surface area contributed by atoms with Gasteiger partial charge in [0.05, 0.1) is 7.11 Å². The lowest BCUT2D eigenvalue weighted by Gasteiger charge is -2.14. The molecular weight excluding hydrogens is 388 g/mol. The molecule has 0 bridgehead atoms. The Morgan fingerprint density at radius 1 is 1.03 bits per heavy atom. The van der Waals surface area contributed by atoms with Crippen LogP contribution in [-0.4, -0.2) is 23.0 Å². The number of esters is 1. The molecule has 0 aliphatic rings. The van der Waals surface area contributed by atoms with Gasteiger partial charge in [-0.2, -0.15) is 0 Å². The van der Waals surface area contributed by atoms with E-state index in [0.717, 1.165) is 22.1 Å². The molecule has 0 spiro atoms. The third kappa shape index (κ3) is 3.91. The van der Waals surface area contributed by atoms with E-state index in [1.165, 1.54) is 7.11 Å². The lowest BCUT2D eigenvalue weighted by molar-refractivity contribution is 0.0588. The number of hydrogen-bond donors (Lipinski definition) is 0. The highest BCUT2D eigenvalue weighted by Crippen LogP contribution is 2.34. The SMILES string of the molecule is COC(=O)c1ncc2c(-c3cccc(Cl)c3)ccnc2c1OCc1ccccc1. The van der Waals surface area contributed by atoms with Crippen molar-refractivity contribution in [3.63, 3.8) is 0 Å². The highest BCUT2D eigenvalue weighted by Gasteiger charge is 2.21. The largest absolute Gasteiger partial charge is 0.484 e. The van der Waals surface area contributed by atoms with Crippen molar-refractivity contribution in [3.05, 3.63) is 89.3 Å². The van der Waals surface area contributed by atoms with Crippen LogP contribution in [0.25, 0.3) is 22.0 Å². The lowest BCUT2D eigenvalue weighted by Crippen LogP contribution is -2.09. The summed E-state index contributed by atoms with van der Waals surface area (Å²) in [6.45, 7) is 0.273. The number of hydrogen-bond acceptors (Lipinski definition) is 5. The maximum Gasteiger partial charge on any atom is 0.360 e. The summed E-state index contributed by atoms with van der Waals surface area (Å²) < 4.78 is 10.9. The maximum atomic E-state index is 12.3. The van der Waals surface area contributed by atoms with Gasteiger partial charge < -0.3 is 9.47 Å². The van der Waals surface area contributed by atoms with E-state index in [1.807, 2.05) is 60.7 Å². The van der Waals surface area contributed by atoms with Crippen LogP contribution in [0.1, 0.15) is 16.1 Å². The zero-order valence-corrected chi connectivity index (χ0v) is 16.4. The van der Waals surface area contributed by atoms with Crippen LogP contribution in [0.3, 0.4) is 0 Å². The van der Waals surface area contributed by atoms with Gasteiger partial charge >= 0.3 is 5.97 Å². The molecule has 144 valence electrons. The average Bonchev–Trinajstić information content (AvgIpc) is 2.77. The molecule has 0 saturated heterocycles. The minimum absolute atomic E-state index is 0.0895. The first kappa shape index (κ1) is 18.9. The van der Waals surface area contributed by atoms with Crippen molar-refractivity contribution in [3.8, 4) is 16.9 Å². The number of nitrogens with zero attached hydrogens (tertiary/aromatic N) is 2. The summed E-state index contributed by atoms with van der Waals surface area (Å²) in [5, 5.41) is 1.39. The van der Waals surface area contributed by atoms with Gasteiger partial charge in [0.15, 0.2) is 11.4 Å². The molecule has 4 aromatic rings. The Bertz CT molecular complexity index is 1180. The number of aromatic nitrogens is 2. The second kappa shape index (κ2) is 8.29. The number of pyridine rings is 2. The molecule has 5 nitrogen and oxygen atoms in total. The number of fused-ring (bicyclic) bond motifs is 1. The standard InChI is InChI=1S/C23H17ClN2O3/c1-28-23(27)21-22(29-14-15-6-3-2-4-7-15)20-19(13-26-21)18(10-11-25-20)16-8-5-9-17(24)12-16/h2-13H,14H2,1H3. The van der Waals surface area contributed by atoms with Crippen molar-refractivity contribution >= 4 is 28.5 Å². The first-order valence-electron chi connectivity index (χ1n) is 8.96. The molecule has 2 aromatic carbocycles. The van der Waals surface area contributed by atoms with Crippen LogP contribution in [0.4, 0.5) is 0 Å². The van der Waals surface area contributed by atoms with Gasteiger partial charge in [0.25, 0.3) is 0 Å². The molecule has 0 radical (unpaired) electrons. The van der Waals surface area contributed by atoms with E-state index in [0.29, 0.717) is 16.3 Å². The second-order valence-electron chi connectivity index (χ2n) is 6.33. The normalized spacial score (nSPS) is 10.7. The fourth-order valence-electron chi connectivity index (χ4n) is 3.10. The van der Waals surface area contributed by atoms with Crippen molar-refractivity contribution in [1.82, 2.24) is 9.97 Å². The molecule has 0 aliphatic carbocycles. The summed E-state index contributed by atoms with van der Waals surface area (Å²) in [4.78, 5) is 21.1. The quantitative estimate of drug-likeness (QED) is 0.421. The molecule has 29 heavy (non-hydrogen) atoms. The third-order valence-electron chi connectivity index (χ3n) is 4.48. The molecule has 4 rings (SSSR count). The molecule has 0 fully saturated rings. The Hall–Kier alpha value is -3.44. The van der Waals surface area contributed by atoms with Crippen LogP contribution in [0, 0.1) is 0 Å². The Kier molecular flexibility index (Phi) is 5.40. The van der Waals surface area contributed by atoms with Crippen molar-refractivity contribution < 1.29 is 14.3 Å². The monoisotopic (exact) mass is 404 g/mol. The van der Waals surface area contributed by atoms with Crippen molar-refractivity contribution in [1.29, 1.82) is 0 Å². The molecule has 0 saturated carbocycles. The van der Waals surface area contributed by atoms with Crippen molar-refractivity contribution in [2.45, 2.75) is 6.61 Å². The number of rotatable bonds is 5. The minimum atomic E-state index is -0.579. The molecule has 0 aliphatic heterocycles. The number of ether oxygens (including phenoxy) is 2. The van der Waals surface area contributed by atoms with Crippen LogP contribution >= 0.6 is 11.6 Å². The Balaban J connectivity index is 1.86. The fraction of sp³-hybridized carbons (Fsp3) is 0.0870. The zero-order chi connectivity index (χ0) is 20.2. The van der Waals surface area contributed by atoms with Crippen molar-refractivity contribution in [2.24, 2.45) is 0 Å². The molecule has 2 aromatic heterocycles. The van der Waals surface area contributed by atoms with Crippen LogP contribution in [-0.2, 0) is 11.3 Å². The Morgan fingerprint density at radius 2 is 1.86 bits per heavy atom. The first-order valence-corrected chi connectivity index (χ1v) is 9.34. The summed E-state index contributed by atoms with van der Waals surface area (Å²) >= 11 is 6.16. The van der Waals surface area contributed by atoms with Gasteiger partial charge in [0.2, 0.25) is 0 Å². The summed E-state index contributed by atoms with van der Waals surface area (Å²) in [5.41, 5.74) is 3.41. The number of halogens is 1. The van der Waals surface area contributed by atoms with Gasteiger partial charge in [-0.1, -0.05) is 54.1 Å². The number of methoxy groups -OCH3 is 1. The second-order valence-corrected chi connectivity index (χ2v) is 6.77. The Labute approximate surface area is 172 Å². The number of carbonyl (C=O) groups excluding carboxylic acids is 1. The lowest BCUT2D eigenvalue weighted by atomic mass is 10.0. The molecule has 0 unspecified atom stereocenters. The topological polar surface area (TPSA) is 61.3 Å². The van der Waals surface area contributed by atoms with Crippen LogP contribution in [0.5, 0.6) is 5.75 Å². The number of benzene rings is 2. The van der Waals surface area contributed by atoms with E-state index in [4.69, 9.17) is 21.1 Å². The Morgan fingerprint density at radius 3 is 2.62 bits per heavy atom. The molecule has 6 heteroatoms. The highest BCUT2D eigenvalue weighted by atomic mass is 35.5. The predicted octanol–water partition coefficient (Wildman–Crippen LogP) is 5.32. The minimum Gasteiger partial charge on any atom is -0.484 e. The van der Waals surface area contributed by atoms with E-state index in [1.54, 1.807) is 12.4 Å². The van der Waals surface area contributed by atoms with Crippen molar-refractivity contribution in [2.75, 3.05) is 7.11 Å². The van der Waals surface area contributed by atoms with Crippen LogP contribution < -0.4 is 4.74 Å². The highest BCUT2D eigenvalue weighted by molar-refractivity contribution is 6.30. The third-order valence-corrected chi connectivity index (χ3v) is 4.72. The average molecular weight is 405 g/mol. The predicted molar refractivity (Wildman–Crippen MR) is 112 cm³/mol. The van der Waals surface area contributed by atoms with Gasteiger partial charge in [0.1, 0.15) is 12.1 Å². The summed E-state index contributed by atoms with van der Waals surface area (Å²) in [6.07, 6.45) is 3.29. The van der Waals surface area contributed by atoms with Gasteiger partial charge in [-0.25, -0.2) is 9.78 Å². The first-order chi connectivity index (χ1) is 14.2. The van der Waals surface area contributed by atoms with E-state index < -0.39 is 5.97 Å². The van der Waals surface area contributed by atoms with E-state index in [9.17, 15) is 4.79 Å². The van der Waals surface area contributed by atoms with Gasteiger partial charge in [-0.3, -0.25) is 4.98 Å². The van der Waals surface area contributed by atoms with E-state index in [-0.39, 0.29) is 12.3 Å². The van der Waals surface area contributed by atoms with Gasteiger partial charge in [-0.05, 0) is 34.9 Å². The fourth-order valence-corrected chi connectivity index (χ4v) is 3.29. The van der Waals surface area contributed by atoms with E-state index >= 15 is 0 Å². The van der Waals surface area contributed by atoms with Crippen LogP contribution in [0.15, 0.2) is 73.1 Å². The molecule has 0 amide bonds. The zero-order valence-electron chi connectivity index (χ0n) is 15.6. The molecule has 0 atom stereocenters. The summed E-state index contributed by atoms with van der Waals surface area (Å²) in [7, 11) is 1.31. The maximum absolute atomic E-state index is 12.3. The molecular formula is C23H17ClN2O3. The smallest absolute Gasteiger partial charge is 0.360 e. The van der Waals surface area contributed by atoms with Gasteiger partial charge in [0, 0.05) is 22.8 Å². The molecule has 0 N–H and O–H groups in total. The molecule has 2 heterocycles. The summed E-state index contributed by atoms with van der Waals surface area (Å²) in [6, 6.07) is 19.1. The van der Waals surface area contributed by atoms with Crippen LogP contribution in [0.2, 0.25) is 5.02 Å². The van der Waals surface area contributed by atoms with Gasteiger partial charge in [-0.15, -0.1) is 0 Å². The van der Waals surface area contributed by atoms with E-state index in [2.05, 4.69) is 9.97 Å².